The molecule has 1 aromatic heterocycles. The number of nitrogens with one attached hydrogen (secondary N) is 1. The predicted molar refractivity (Wildman–Crippen MR) is 101 cm³/mol. The van der Waals surface area contributed by atoms with Gasteiger partial charge in [-0.2, -0.15) is 4.31 Å². The fourth-order valence-corrected chi connectivity index (χ4v) is 6.24. The first-order valence-electron chi connectivity index (χ1n) is 8.99. The summed E-state index contributed by atoms with van der Waals surface area (Å²) in [5, 5.41) is 2.92. The largest absolute Gasteiger partial charge is 0.356 e. The summed E-state index contributed by atoms with van der Waals surface area (Å²) in [6.07, 6.45) is 4.29. The molecule has 3 N–H and O–H groups in total. The van der Waals surface area contributed by atoms with Gasteiger partial charge in [-0.1, -0.05) is 20.3 Å². The number of thiophene rings is 1. The molecular weight excluding hydrogens is 358 g/mol. The quantitative estimate of drug-likeness (QED) is 0.677. The van der Waals surface area contributed by atoms with Crippen LogP contribution in [0.5, 0.6) is 0 Å². The van der Waals surface area contributed by atoms with E-state index in [0.29, 0.717) is 42.6 Å². The van der Waals surface area contributed by atoms with Crippen molar-refractivity contribution in [3.05, 3.63) is 17.0 Å². The second kappa shape index (κ2) is 9.12. The van der Waals surface area contributed by atoms with Gasteiger partial charge < -0.3 is 11.1 Å². The van der Waals surface area contributed by atoms with Crippen molar-refractivity contribution in [1.29, 1.82) is 0 Å². The maximum absolute atomic E-state index is 12.5. The van der Waals surface area contributed by atoms with Crippen LogP contribution in [-0.4, -0.2) is 44.3 Å². The first kappa shape index (κ1) is 20.4. The van der Waals surface area contributed by atoms with Gasteiger partial charge in [0.1, 0.15) is 4.21 Å². The van der Waals surface area contributed by atoms with Gasteiger partial charge in [-0.15, -0.1) is 11.3 Å². The summed E-state index contributed by atoms with van der Waals surface area (Å²) >= 11 is 1.28. The number of hydrogen-bond donors (Lipinski definition) is 2. The van der Waals surface area contributed by atoms with Gasteiger partial charge >= 0.3 is 0 Å². The molecule has 142 valence electrons. The van der Waals surface area contributed by atoms with Crippen molar-refractivity contribution in [1.82, 2.24) is 9.62 Å². The van der Waals surface area contributed by atoms with Crippen LogP contribution in [-0.2, 0) is 21.2 Å². The molecule has 1 heterocycles. The van der Waals surface area contributed by atoms with E-state index in [1.807, 2.05) is 19.9 Å². The van der Waals surface area contributed by atoms with Gasteiger partial charge in [-0.3, -0.25) is 4.79 Å². The minimum atomic E-state index is -3.39. The van der Waals surface area contributed by atoms with Crippen molar-refractivity contribution >= 4 is 27.3 Å². The third-order valence-corrected chi connectivity index (χ3v) is 8.46. The molecule has 0 radical (unpaired) electrons. The first-order chi connectivity index (χ1) is 11.9. The lowest BCUT2D eigenvalue weighted by molar-refractivity contribution is -0.122. The molecular formula is C17H29N3O3S2. The van der Waals surface area contributed by atoms with E-state index < -0.39 is 10.0 Å². The molecule has 0 spiro atoms. The predicted octanol–water partition coefficient (Wildman–Crippen LogP) is 1.95. The molecule has 2 atom stereocenters. The molecule has 0 bridgehead atoms. The average Bonchev–Trinajstić information content (AvgIpc) is 3.19. The molecule has 0 aliphatic heterocycles. The number of nitrogens with zero attached hydrogens (tertiary/aromatic N) is 1. The molecule has 1 aromatic rings. The van der Waals surface area contributed by atoms with Crippen LogP contribution in [0.3, 0.4) is 0 Å². The van der Waals surface area contributed by atoms with E-state index >= 15 is 0 Å². The Kier molecular flexibility index (Phi) is 7.42. The van der Waals surface area contributed by atoms with Crippen molar-refractivity contribution in [2.75, 3.05) is 19.6 Å². The topological polar surface area (TPSA) is 92.5 Å². The number of amides is 1. The summed E-state index contributed by atoms with van der Waals surface area (Å²) in [5.74, 6) is 0.336. The standard InChI is InChI=1S/C17H29N3O3S2/c1-3-20(4-2)25(22,23)17-9-8-14(24-17)10-11-19-16(21)12-13-6-5-7-15(13)18/h8-9,13,15H,3-7,10-12,18H2,1-2H3,(H,19,21)/t13-,15+/m0/s1. The summed E-state index contributed by atoms with van der Waals surface area (Å²) < 4.78 is 26.8. The van der Waals surface area contributed by atoms with E-state index in [4.69, 9.17) is 5.73 Å². The fraction of sp³-hybridized carbons (Fsp3) is 0.706. The highest BCUT2D eigenvalue weighted by atomic mass is 32.2. The normalized spacial score (nSPS) is 21.0. The molecule has 8 heteroatoms. The van der Waals surface area contributed by atoms with Crippen LogP contribution < -0.4 is 11.1 Å². The minimum absolute atomic E-state index is 0.0369. The molecule has 2 rings (SSSR count). The number of hydrogen-bond acceptors (Lipinski definition) is 5. The third kappa shape index (κ3) is 5.26. The summed E-state index contributed by atoms with van der Waals surface area (Å²) in [7, 11) is -3.39. The summed E-state index contributed by atoms with van der Waals surface area (Å²) in [6, 6.07) is 3.64. The van der Waals surface area contributed by atoms with Crippen molar-refractivity contribution < 1.29 is 13.2 Å². The molecule has 1 saturated carbocycles. The van der Waals surface area contributed by atoms with E-state index in [1.165, 1.54) is 15.6 Å². The summed E-state index contributed by atoms with van der Waals surface area (Å²) in [5.41, 5.74) is 6.00. The lowest BCUT2D eigenvalue weighted by Crippen LogP contribution is -2.32. The van der Waals surface area contributed by atoms with Gasteiger partial charge in [0.15, 0.2) is 0 Å². The van der Waals surface area contributed by atoms with Crippen molar-refractivity contribution in [2.24, 2.45) is 11.7 Å². The molecule has 0 aromatic carbocycles. The third-order valence-electron chi connectivity index (χ3n) is 4.80. The second-order valence-electron chi connectivity index (χ2n) is 6.47. The fourth-order valence-electron chi connectivity index (χ4n) is 3.28. The Balaban J connectivity index is 1.82. The van der Waals surface area contributed by atoms with E-state index in [0.717, 1.165) is 24.1 Å². The van der Waals surface area contributed by atoms with Crippen molar-refractivity contribution in [3.8, 4) is 0 Å². The van der Waals surface area contributed by atoms with Crippen LogP contribution in [0, 0.1) is 5.92 Å². The van der Waals surface area contributed by atoms with E-state index in [-0.39, 0.29) is 11.9 Å². The van der Waals surface area contributed by atoms with Gasteiger partial charge in [0, 0.05) is 37.0 Å². The minimum Gasteiger partial charge on any atom is -0.356 e. The number of carbonyl (C=O) groups excluding carboxylic acids is 1. The van der Waals surface area contributed by atoms with Crippen molar-refractivity contribution in [2.45, 2.75) is 56.2 Å². The lowest BCUT2D eigenvalue weighted by Gasteiger charge is -2.16. The zero-order chi connectivity index (χ0) is 18.4. The van der Waals surface area contributed by atoms with E-state index in [2.05, 4.69) is 5.32 Å². The number of nitrogens with two attached hydrogens (primary N) is 1. The summed E-state index contributed by atoms with van der Waals surface area (Å²) in [4.78, 5) is 13.0. The highest BCUT2D eigenvalue weighted by Gasteiger charge is 2.26. The zero-order valence-electron chi connectivity index (χ0n) is 15.0. The molecule has 1 aliphatic rings. The van der Waals surface area contributed by atoms with Gasteiger partial charge in [-0.05, 0) is 37.3 Å². The Morgan fingerprint density at radius 3 is 2.64 bits per heavy atom. The zero-order valence-corrected chi connectivity index (χ0v) is 16.7. The van der Waals surface area contributed by atoms with Gasteiger partial charge in [0.05, 0.1) is 0 Å². The van der Waals surface area contributed by atoms with E-state index in [1.54, 1.807) is 6.07 Å². The Labute approximate surface area is 154 Å². The molecule has 1 amide bonds. The molecule has 0 saturated heterocycles. The van der Waals surface area contributed by atoms with Crippen LogP contribution >= 0.6 is 11.3 Å². The molecule has 0 unspecified atom stereocenters. The highest BCUT2D eigenvalue weighted by molar-refractivity contribution is 7.91. The molecule has 1 aliphatic carbocycles. The van der Waals surface area contributed by atoms with Crippen LogP contribution in [0.4, 0.5) is 0 Å². The molecule has 6 nitrogen and oxygen atoms in total. The Bertz CT molecular complexity index is 668. The number of sulfonamides is 1. The molecule has 1 fully saturated rings. The van der Waals surface area contributed by atoms with Crippen LogP contribution in [0.15, 0.2) is 16.3 Å². The first-order valence-corrected chi connectivity index (χ1v) is 11.2. The SMILES string of the molecule is CCN(CC)S(=O)(=O)c1ccc(CCNC(=O)C[C@@H]2CCC[C@H]2N)s1. The highest BCUT2D eigenvalue weighted by Crippen LogP contribution is 2.27. The van der Waals surface area contributed by atoms with Gasteiger partial charge in [0.2, 0.25) is 5.91 Å². The lowest BCUT2D eigenvalue weighted by atomic mass is 10.00. The number of rotatable bonds is 9. The average molecular weight is 388 g/mol. The Morgan fingerprint density at radius 1 is 1.32 bits per heavy atom. The van der Waals surface area contributed by atoms with E-state index in [9.17, 15) is 13.2 Å². The summed E-state index contributed by atoms with van der Waals surface area (Å²) in [6.45, 7) is 5.12. The Hall–Kier alpha value is -0.960. The van der Waals surface area contributed by atoms with Crippen LogP contribution in [0.25, 0.3) is 0 Å². The van der Waals surface area contributed by atoms with Gasteiger partial charge in [-0.25, -0.2) is 8.42 Å². The smallest absolute Gasteiger partial charge is 0.252 e. The van der Waals surface area contributed by atoms with Crippen molar-refractivity contribution in [3.63, 3.8) is 0 Å². The molecule has 25 heavy (non-hydrogen) atoms. The number of carbonyl (C=O) groups is 1. The van der Waals surface area contributed by atoms with Crippen LogP contribution in [0.1, 0.15) is 44.4 Å². The monoisotopic (exact) mass is 387 g/mol. The second-order valence-corrected chi connectivity index (χ2v) is 9.80. The Morgan fingerprint density at radius 2 is 2.04 bits per heavy atom. The maximum Gasteiger partial charge on any atom is 0.252 e. The maximum atomic E-state index is 12.5. The van der Waals surface area contributed by atoms with Gasteiger partial charge in [0.25, 0.3) is 10.0 Å². The van der Waals surface area contributed by atoms with Crippen LogP contribution in [0.2, 0.25) is 0 Å².